The van der Waals surface area contributed by atoms with Crippen molar-refractivity contribution in [3.8, 4) is 5.75 Å². The first-order valence-corrected chi connectivity index (χ1v) is 5.21. The van der Waals surface area contributed by atoms with Crippen LogP contribution in [-0.4, -0.2) is 5.11 Å². The molecule has 0 aliphatic heterocycles. The lowest BCUT2D eigenvalue weighted by molar-refractivity contribution is 0.475. The predicted octanol–water partition coefficient (Wildman–Crippen LogP) is 4.01. The fourth-order valence-electron chi connectivity index (χ4n) is 1.49. The van der Waals surface area contributed by atoms with Gasteiger partial charge in [-0.25, -0.2) is 0 Å². The highest BCUT2D eigenvalue weighted by molar-refractivity contribution is 5.78. The third-order valence-electron chi connectivity index (χ3n) is 2.51. The van der Waals surface area contributed by atoms with Crippen LogP contribution in [0, 0.1) is 5.92 Å². The molecule has 1 rings (SSSR count). The molecule has 0 aliphatic rings. The Labute approximate surface area is 91.8 Å². The minimum Gasteiger partial charge on any atom is -0.508 e. The molecule has 80 valence electrons. The molecule has 0 atom stereocenters. The summed E-state index contributed by atoms with van der Waals surface area (Å²) in [6.45, 7) is 10.4. The van der Waals surface area contributed by atoms with Gasteiger partial charge >= 0.3 is 0 Å². The van der Waals surface area contributed by atoms with Gasteiger partial charge in [0.25, 0.3) is 0 Å². The van der Waals surface area contributed by atoms with Gasteiger partial charge in [-0.15, -0.1) is 0 Å². The fourth-order valence-corrected chi connectivity index (χ4v) is 1.49. The van der Waals surface area contributed by atoms with Gasteiger partial charge < -0.3 is 5.11 Å². The predicted molar refractivity (Wildman–Crippen MR) is 65.7 cm³/mol. The number of allylic oxidation sites excluding steroid dienone is 3. The number of phenols is 1. The molecule has 0 bridgehead atoms. The van der Waals surface area contributed by atoms with Crippen molar-refractivity contribution in [2.45, 2.75) is 20.8 Å². The Kier molecular flexibility index (Phi) is 3.73. The van der Waals surface area contributed by atoms with Gasteiger partial charge in [0.2, 0.25) is 0 Å². The number of hydrogen-bond acceptors (Lipinski definition) is 1. The van der Waals surface area contributed by atoms with E-state index in [1.165, 1.54) is 0 Å². The van der Waals surface area contributed by atoms with Crippen LogP contribution in [0.25, 0.3) is 5.57 Å². The maximum absolute atomic E-state index is 9.22. The third-order valence-corrected chi connectivity index (χ3v) is 2.51. The summed E-state index contributed by atoms with van der Waals surface area (Å²) in [5.74, 6) is 0.731. The third kappa shape index (κ3) is 2.72. The Morgan fingerprint density at radius 1 is 1.27 bits per heavy atom. The van der Waals surface area contributed by atoms with Crippen LogP contribution in [-0.2, 0) is 0 Å². The van der Waals surface area contributed by atoms with Crippen LogP contribution >= 0.6 is 0 Å². The van der Waals surface area contributed by atoms with E-state index in [2.05, 4.69) is 26.5 Å². The molecule has 0 aromatic heterocycles. The van der Waals surface area contributed by atoms with E-state index in [-0.39, 0.29) is 0 Å². The van der Waals surface area contributed by atoms with E-state index in [4.69, 9.17) is 0 Å². The van der Waals surface area contributed by atoms with Gasteiger partial charge in [0.1, 0.15) is 5.75 Å². The maximum atomic E-state index is 9.22. The van der Waals surface area contributed by atoms with Gasteiger partial charge in [-0.1, -0.05) is 38.6 Å². The zero-order valence-electron chi connectivity index (χ0n) is 9.62. The van der Waals surface area contributed by atoms with Gasteiger partial charge in [0.05, 0.1) is 0 Å². The van der Waals surface area contributed by atoms with Gasteiger partial charge in [0.15, 0.2) is 0 Å². The molecule has 0 spiro atoms. The molecule has 1 heteroatoms. The van der Waals surface area contributed by atoms with Crippen molar-refractivity contribution in [1.82, 2.24) is 0 Å². The van der Waals surface area contributed by atoms with Crippen molar-refractivity contribution in [3.63, 3.8) is 0 Å². The average molecular weight is 202 g/mol. The number of hydrogen-bond donors (Lipinski definition) is 1. The van der Waals surface area contributed by atoms with Crippen molar-refractivity contribution in [2.75, 3.05) is 0 Å². The zero-order valence-corrected chi connectivity index (χ0v) is 9.62. The molecular formula is C14H18O. The molecule has 0 unspecified atom stereocenters. The van der Waals surface area contributed by atoms with Gasteiger partial charge in [-0.2, -0.15) is 0 Å². The Hall–Kier alpha value is -1.50. The minimum absolute atomic E-state index is 0.296. The second-order valence-corrected chi connectivity index (χ2v) is 3.93. The lowest BCUT2D eigenvalue weighted by Gasteiger charge is -2.14. The summed E-state index contributed by atoms with van der Waals surface area (Å²) in [5.41, 5.74) is 3.39. The highest BCUT2D eigenvalue weighted by Crippen LogP contribution is 2.27. The molecule has 15 heavy (non-hydrogen) atoms. The highest BCUT2D eigenvalue weighted by atomic mass is 16.3. The Bertz CT molecular complexity index is 369. The van der Waals surface area contributed by atoms with E-state index >= 15 is 0 Å². The second-order valence-electron chi connectivity index (χ2n) is 3.93. The Balaban J connectivity index is 3.04. The van der Waals surface area contributed by atoms with E-state index in [1.807, 2.05) is 19.1 Å². The molecule has 1 nitrogen and oxygen atoms in total. The van der Waals surface area contributed by atoms with Crippen molar-refractivity contribution in [1.29, 1.82) is 0 Å². The quantitative estimate of drug-likeness (QED) is 0.734. The van der Waals surface area contributed by atoms with Crippen molar-refractivity contribution in [2.24, 2.45) is 5.92 Å². The van der Waals surface area contributed by atoms with E-state index < -0.39 is 0 Å². The molecule has 0 saturated carbocycles. The van der Waals surface area contributed by atoms with Crippen LogP contribution in [0.5, 0.6) is 5.75 Å². The molecule has 0 radical (unpaired) electrons. The molecular weight excluding hydrogens is 184 g/mol. The smallest absolute Gasteiger partial charge is 0.115 e. The summed E-state index contributed by atoms with van der Waals surface area (Å²) < 4.78 is 0. The summed E-state index contributed by atoms with van der Waals surface area (Å²) in [6, 6.07) is 7.23. The van der Waals surface area contributed by atoms with E-state index in [0.29, 0.717) is 11.7 Å². The van der Waals surface area contributed by atoms with Crippen LogP contribution in [0.15, 0.2) is 42.5 Å². The normalized spacial score (nSPS) is 11.9. The fraction of sp³-hybridized carbons (Fsp3) is 0.286. The maximum Gasteiger partial charge on any atom is 0.115 e. The molecule has 1 aromatic carbocycles. The number of benzene rings is 1. The Morgan fingerprint density at radius 2 is 1.80 bits per heavy atom. The van der Waals surface area contributed by atoms with Crippen LogP contribution < -0.4 is 0 Å². The monoisotopic (exact) mass is 202 g/mol. The van der Waals surface area contributed by atoms with Gasteiger partial charge in [0, 0.05) is 0 Å². The first-order valence-electron chi connectivity index (χ1n) is 5.21. The van der Waals surface area contributed by atoms with E-state index in [9.17, 15) is 5.11 Å². The van der Waals surface area contributed by atoms with Crippen LogP contribution in [0.4, 0.5) is 0 Å². The molecule has 0 aliphatic carbocycles. The average Bonchev–Trinajstić information content (AvgIpc) is 2.21. The SMILES string of the molecule is C=C(/C(=C\C)c1ccc(O)cc1)C(C)C. The summed E-state index contributed by atoms with van der Waals surface area (Å²) in [4.78, 5) is 0. The first kappa shape index (κ1) is 11.6. The molecule has 0 fully saturated rings. The largest absolute Gasteiger partial charge is 0.508 e. The van der Waals surface area contributed by atoms with E-state index in [0.717, 1.165) is 16.7 Å². The molecule has 0 heterocycles. The molecule has 0 saturated heterocycles. The molecule has 0 amide bonds. The number of phenolic OH excluding ortho intramolecular Hbond substituents is 1. The van der Waals surface area contributed by atoms with Crippen LogP contribution in [0.1, 0.15) is 26.3 Å². The summed E-state index contributed by atoms with van der Waals surface area (Å²) >= 11 is 0. The zero-order chi connectivity index (χ0) is 11.4. The lowest BCUT2D eigenvalue weighted by atomic mass is 9.91. The highest BCUT2D eigenvalue weighted by Gasteiger charge is 2.08. The van der Waals surface area contributed by atoms with Crippen molar-refractivity contribution < 1.29 is 5.11 Å². The van der Waals surface area contributed by atoms with E-state index in [1.54, 1.807) is 12.1 Å². The number of aromatic hydroxyl groups is 1. The standard InChI is InChI=1S/C14H18O/c1-5-14(11(4)10(2)3)12-6-8-13(15)9-7-12/h5-10,15H,4H2,1-3H3/b14-5+. The second kappa shape index (κ2) is 4.83. The summed E-state index contributed by atoms with van der Waals surface area (Å²) in [6.07, 6.45) is 2.06. The summed E-state index contributed by atoms with van der Waals surface area (Å²) in [7, 11) is 0. The Morgan fingerprint density at radius 3 is 2.20 bits per heavy atom. The first-order chi connectivity index (χ1) is 7.06. The van der Waals surface area contributed by atoms with Crippen LogP contribution in [0.3, 0.4) is 0 Å². The summed E-state index contributed by atoms with van der Waals surface area (Å²) in [5, 5.41) is 9.22. The molecule has 1 N–H and O–H groups in total. The topological polar surface area (TPSA) is 20.2 Å². The number of rotatable bonds is 3. The van der Waals surface area contributed by atoms with Gasteiger partial charge in [-0.3, -0.25) is 0 Å². The van der Waals surface area contributed by atoms with Crippen molar-refractivity contribution >= 4 is 5.57 Å². The van der Waals surface area contributed by atoms with Crippen LogP contribution in [0.2, 0.25) is 0 Å². The molecule has 1 aromatic rings. The minimum atomic E-state index is 0.296. The van der Waals surface area contributed by atoms with Crippen molar-refractivity contribution in [3.05, 3.63) is 48.1 Å². The lowest BCUT2D eigenvalue weighted by Crippen LogP contribution is -1.96. The van der Waals surface area contributed by atoms with Gasteiger partial charge in [-0.05, 0) is 41.7 Å².